The van der Waals surface area contributed by atoms with E-state index >= 15 is 0 Å². The molecule has 0 unspecified atom stereocenters. The van der Waals surface area contributed by atoms with Crippen molar-refractivity contribution >= 4 is 5.82 Å². The summed E-state index contributed by atoms with van der Waals surface area (Å²) in [5.41, 5.74) is 4.18. The molecule has 15 heavy (non-hydrogen) atoms. The average Bonchev–Trinajstić information content (AvgIpc) is 2.15. The van der Waals surface area contributed by atoms with Crippen molar-refractivity contribution in [3.8, 4) is 5.75 Å². The maximum Gasteiger partial charge on any atom is 0.406 e. The highest BCUT2D eigenvalue weighted by Crippen LogP contribution is 2.36. The summed E-state index contributed by atoms with van der Waals surface area (Å²) in [7, 11) is 0. The van der Waals surface area contributed by atoms with Gasteiger partial charge >= 0.3 is 5.82 Å². The molecule has 0 spiro atoms. The maximum atomic E-state index is 12.5. The lowest BCUT2D eigenvalue weighted by Crippen LogP contribution is -2.05. The second-order valence-electron chi connectivity index (χ2n) is 2.63. The van der Waals surface area contributed by atoms with Crippen molar-refractivity contribution in [3.63, 3.8) is 0 Å². The lowest BCUT2D eigenvalue weighted by molar-refractivity contribution is -0.390. The molecule has 1 heterocycles. The molecular weight excluding hydrogens is 212 g/mol. The van der Waals surface area contributed by atoms with Gasteiger partial charge in [0.25, 0.3) is 6.43 Å². The van der Waals surface area contributed by atoms with E-state index in [0.29, 0.717) is 0 Å². The molecule has 82 valence electrons. The topological polar surface area (TPSA) is 102 Å². The molecule has 6 nitrogen and oxygen atoms in total. The number of rotatable bonds is 3. The lowest BCUT2D eigenvalue weighted by atomic mass is 10.1. The van der Waals surface area contributed by atoms with Crippen LogP contribution >= 0.6 is 0 Å². The number of halogens is 2. The second-order valence-corrected chi connectivity index (χ2v) is 2.63. The predicted molar refractivity (Wildman–Crippen MR) is 45.4 cm³/mol. The van der Waals surface area contributed by atoms with Crippen LogP contribution in [0.25, 0.3) is 0 Å². The van der Waals surface area contributed by atoms with Crippen LogP contribution in [0.2, 0.25) is 0 Å². The van der Waals surface area contributed by atoms with Crippen LogP contribution in [-0.2, 0) is 6.54 Å². The largest absolute Gasteiger partial charge is 0.501 e. The van der Waals surface area contributed by atoms with E-state index in [1.807, 2.05) is 0 Å². The number of nitrogens with two attached hydrogens (primary N) is 1. The first-order valence-corrected chi connectivity index (χ1v) is 3.82. The van der Waals surface area contributed by atoms with Gasteiger partial charge in [0.05, 0.1) is 5.56 Å². The van der Waals surface area contributed by atoms with Crippen molar-refractivity contribution in [2.45, 2.75) is 13.0 Å². The summed E-state index contributed by atoms with van der Waals surface area (Å²) >= 11 is 0. The standard InChI is InChI=1S/C7H7F2N3O3/c8-6(9)4-3(1-10)2-11-7(5(4)13)12(14)15/h2,6,13H,1,10H2. The number of aromatic nitrogens is 1. The summed E-state index contributed by atoms with van der Waals surface area (Å²) in [6, 6.07) is 0. The van der Waals surface area contributed by atoms with E-state index in [-0.39, 0.29) is 12.1 Å². The van der Waals surface area contributed by atoms with E-state index in [9.17, 15) is 24.0 Å². The summed E-state index contributed by atoms with van der Waals surface area (Å²) in [6.45, 7) is -0.280. The molecule has 0 fully saturated rings. The van der Waals surface area contributed by atoms with Gasteiger partial charge in [-0.1, -0.05) is 0 Å². The molecule has 0 radical (unpaired) electrons. The van der Waals surface area contributed by atoms with Gasteiger partial charge in [-0.2, -0.15) is 0 Å². The van der Waals surface area contributed by atoms with Crippen LogP contribution in [0.5, 0.6) is 5.75 Å². The molecule has 1 rings (SSSR count). The van der Waals surface area contributed by atoms with E-state index in [2.05, 4.69) is 4.98 Å². The predicted octanol–water partition coefficient (Wildman–Crippen LogP) is 1.09. The Balaban J connectivity index is 3.42. The molecule has 0 aliphatic heterocycles. The van der Waals surface area contributed by atoms with Gasteiger partial charge in [-0.25, -0.2) is 8.78 Å². The van der Waals surface area contributed by atoms with Crippen molar-refractivity contribution < 1.29 is 18.8 Å². The monoisotopic (exact) mass is 219 g/mol. The number of nitrogens with zero attached hydrogens (tertiary/aromatic N) is 2. The quantitative estimate of drug-likeness (QED) is 0.585. The fraction of sp³-hybridized carbons (Fsp3) is 0.286. The number of alkyl halides is 2. The van der Waals surface area contributed by atoms with Crippen LogP contribution in [-0.4, -0.2) is 15.0 Å². The molecule has 0 saturated carbocycles. The third-order valence-electron chi connectivity index (χ3n) is 1.77. The van der Waals surface area contributed by atoms with E-state index in [1.54, 1.807) is 0 Å². The highest BCUT2D eigenvalue weighted by Gasteiger charge is 2.27. The number of pyridine rings is 1. The zero-order chi connectivity index (χ0) is 11.6. The molecule has 0 atom stereocenters. The molecule has 0 aromatic carbocycles. The van der Waals surface area contributed by atoms with Gasteiger partial charge in [0.15, 0.2) is 0 Å². The van der Waals surface area contributed by atoms with Crippen molar-refractivity contribution in [3.05, 3.63) is 27.4 Å². The van der Waals surface area contributed by atoms with E-state index in [4.69, 9.17) is 5.73 Å². The van der Waals surface area contributed by atoms with Crippen molar-refractivity contribution in [1.29, 1.82) is 0 Å². The van der Waals surface area contributed by atoms with E-state index < -0.39 is 28.5 Å². The zero-order valence-corrected chi connectivity index (χ0v) is 7.35. The van der Waals surface area contributed by atoms with Gasteiger partial charge in [0.1, 0.15) is 6.20 Å². The normalized spacial score (nSPS) is 10.7. The summed E-state index contributed by atoms with van der Waals surface area (Å²) in [5.74, 6) is -2.12. The molecule has 0 saturated heterocycles. The highest BCUT2D eigenvalue weighted by atomic mass is 19.3. The van der Waals surface area contributed by atoms with Gasteiger partial charge in [-0.3, -0.25) is 0 Å². The van der Waals surface area contributed by atoms with E-state index in [0.717, 1.165) is 6.20 Å². The van der Waals surface area contributed by atoms with Crippen molar-refractivity contribution in [2.75, 3.05) is 0 Å². The van der Waals surface area contributed by atoms with E-state index in [1.165, 1.54) is 0 Å². The summed E-state index contributed by atoms with van der Waals surface area (Å²) < 4.78 is 24.9. The molecule has 0 bridgehead atoms. The van der Waals surface area contributed by atoms with Crippen LogP contribution in [0.1, 0.15) is 17.6 Å². The Kier molecular flexibility index (Phi) is 3.10. The molecule has 0 amide bonds. The summed E-state index contributed by atoms with van der Waals surface area (Å²) in [4.78, 5) is 12.5. The van der Waals surface area contributed by atoms with Crippen molar-refractivity contribution in [1.82, 2.24) is 4.98 Å². The Morgan fingerprint density at radius 2 is 2.27 bits per heavy atom. The molecule has 8 heteroatoms. The fourth-order valence-electron chi connectivity index (χ4n) is 1.08. The molecular formula is C7H7F2N3O3. The average molecular weight is 219 g/mol. The number of hydrogen-bond donors (Lipinski definition) is 2. The minimum atomic E-state index is -3.04. The van der Waals surface area contributed by atoms with Crippen molar-refractivity contribution in [2.24, 2.45) is 5.73 Å². The molecule has 3 N–H and O–H groups in total. The van der Waals surface area contributed by atoms with Gasteiger partial charge in [-0.15, -0.1) is 0 Å². The maximum absolute atomic E-state index is 12.5. The first kappa shape index (κ1) is 11.2. The Morgan fingerprint density at radius 3 is 2.67 bits per heavy atom. The van der Waals surface area contributed by atoms with Crippen LogP contribution in [0.15, 0.2) is 6.20 Å². The molecule has 0 aliphatic rings. The Hall–Kier alpha value is -1.83. The number of aromatic hydroxyl groups is 1. The second kappa shape index (κ2) is 4.13. The van der Waals surface area contributed by atoms with Crippen LogP contribution in [0.4, 0.5) is 14.6 Å². The fourth-order valence-corrected chi connectivity index (χ4v) is 1.08. The van der Waals surface area contributed by atoms with Crippen LogP contribution < -0.4 is 5.73 Å². The van der Waals surface area contributed by atoms with Gasteiger partial charge < -0.3 is 21.0 Å². The minimum Gasteiger partial charge on any atom is -0.501 e. The smallest absolute Gasteiger partial charge is 0.406 e. The Morgan fingerprint density at radius 1 is 1.67 bits per heavy atom. The Bertz CT molecular complexity index is 397. The first-order valence-electron chi connectivity index (χ1n) is 3.82. The van der Waals surface area contributed by atoms with Gasteiger partial charge in [0, 0.05) is 12.1 Å². The minimum absolute atomic E-state index is 0.117. The zero-order valence-electron chi connectivity index (χ0n) is 7.35. The third-order valence-corrected chi connectivity index (χ3v) is 1.77. The number of nitro groups is 1. The number of hydrogen-bond acceptors (Lipinski definition) is 5. The first-order chi connectivity index (χ1) is 6.99. The van der Waals surface area contributed by atoms with Crippen LogP contribution in [0.3, 0.4) is 0 Å². The van der Waals surface area contributed by atoms with Gasteiger partial charge in [-0.05, 0) is 9.91 Å². The highest BCUT2D eigenvalue weighted by molar-refractivity contribution is 5.49. The summed E-state index contributed by atoms with van der Waals surface area (Å²) in [6.07, 6.45) is -2.18. The molecule has 0 aliphatic carbocycles. The molecule has 1 aromatic rings. The Labute approximate surface area is 82.5 Å². The summed E-state index contributed by atoms with van der Waals surface area (Å²) in [5, 5.41) is 19.5. The lowest BCUT2D eigenvalue weighted by Gasteiger charge is -2.07. The third kappa shape index (κ3) is 1.99. The van der Waals surface area contributed by atoms with Gasteiger partial charge in [0.2, 0.25) is 5.75 Å². The molecule has 1 aromatic heterocycles. The SMILES string of the molecule is NCc1cnc([N+](=O)[O-])c(O)c1C(F)F. The van der Waals surface area contributed by atoms with Crippen LogP contribution in [0, 0.1) is 10.1 Å².